The minimum atomic E-state index is -4.36. The molecule has 1 rings (SSSR count). The van der Waals surface area contributed by atoms with E-state index in [2.05, 4.69) is 0 Å². The number of carbonyl (C=O) groups is 1. The van der Waals surface area contributed by atoms with Gasteiger partial charge in [0.05, 0.1) is 0 Å². The molecule has 1 aliphatic carbocycles. The lowest BCUT2D eigenvalue weighted by molar-refractivity contribution is -0.163. The Morgan fingerprint density at radius 3 is 2.11 bits per heavy atom. The van der Waals surface area contributed by atoms with Crippen molar-refractivity contribution in [3.05, 3.63) is 0 Å². The van der Waals surface area contributed by atoms with Crippen LogP contribution < -0.4 is 0 Å². The predicted octanol–water partition coefficient (Wildman–Crippen LogP) is 3.98. The first kappa shape index (κ1) is 16.6. The first-order valence-electron chi connectivity index (χ1n) is 6.85. The highest BCUT2D eigenvalue weighted by molar-refractivity contribution is 6.18. The molecule has 0 bridgehead atoms. The van der Waals surface area contributed by atoms with E-state index < -0.39 is 12.7 Å². The van der Waals surface area contributed by atoms with Crippen LogP contribution in [0.4, 0.5) is 13.2 Å². The van der Waals surface area contributed by atoms with Gasteiger partial charge in [0, 0.05) is 18.3 Å². The van der Waals surface area contributed by atoms with Crippen molar-refractivity contribution in [2.75, 3.05) is 19.0 Å². The van der Waals surface area contributed by atoms with Crippen LogP contribution in [0.25, 0.3) is 0 Å². The van der Waals surface area contributed by atoms with Gasteiger partial charge in [-0.15, -0.1) is 11.6 Å². The molecule has 0 aromatic carbocycles. The van der Waals surface area contributed by atoms with Crippen LogP contribution in [0.5, 0.6) is 0 Å². The maximum absolute atomic E-state index is 12.5. The summed E-state index contributed by atoms with van der Waals surface area (Å²) in [4.78, 5) is 13.1. The van der Waals surface area contributed by atoms with Crippen molar-refractivity contribution in [2.24, 2.45) is 5.92 Å². The molecule has 0 heterocycles. The van der Waals surface area contributed by atoms with E-state index in [4.69, 9.17) is 11.6 Å². The Kier molecular flexibility index (Phi) is 6.97. The van der Waals surface area contributed by atoms with Crippen LogP contribution >= 0.6 is 11.6 Å². The molecule has 0 spiro atoms. The molecule has 2 nitrogen and oxygen atoms in total. The third-order valence-corrected chi connectivity index (χ3v) is 3.66. The summed E-state index contributed by atoms with van der Waals surface area (Å²) < 4.78 is 37.4. The zero-order valence-corrected chi connectivity index (χ0v) is 11.8. The molecule has 1 fully saturated rings. The summed E-state index contributed by atoms with van der Waals surface area (Å²) >= 11 is 5.51. The summed E-state index contributed by atoms with van der Waals surface area (Å²) in [7, 11) is 0. The Hall–Kier alpha value is -0.450. The van der Waals surface area contributed by atoms with E-state index in [9.17, 15) is 18.0 Å². The van der Waals surface area contributed by atoms with Gasteiger partial charge in [-0.1, -0.05) is 32.1 Å². The molecular weight excluding hydrogens is 279 g/mol. The molecule has 1 aliphatic rings. The Morgan fingerprint density at radius 1 is 1.11 bits per heavy atom. The van der Waals surface area contributed by atoms with E-state index in [1.807, 2.05) is 0 Å². The third-order valence-electron chi connectivity index (χ3n) is 3.49. The lowest BCUT2D eigenvalue weighted by Crippen LogP contribution is -2.43. The number of amides is 1. The Morgan fingerprint density at radius 2 is 1.63 bits per heavy atom. The molecule has 0 aliphatic heterocycles. The summed E-state index contributed by atoms with van der Waals surface area (Å²) in [6, 6.07) is 0. The Bertz CT molecular complexity index is 276. The molecule has 0 radical (unpaired) electrons. The van der Waals surface area contributed by atoms with Crippen molar-refractivity contribution in [3.63, 3.8) is 0 Å². The summed E-state index contributed by atoms with van der Waals surface area (Å²) in [5.41, 5.74) is 0. The van der Waals surface area contributed by atoms with Crippen LogP contribution in [0.2, 0.25) is 0 Å². The van der Waals surface area contributed by atoms with Crippen molar-refractivity contribution in [3.8, 4) is 0 Å². The molecule has 1 saturated carbocycles. The first-order chi connectivity index (χ1) is 8.94. The maximum atomic E-state index is 12.5. The van der Waals surface area contributed by atoms with Gasteiger partial charge in [0.2, 0.25) is 5.91 Å². The minimum Gasteiger partial charge on any atom is -0.332 e. The number of nitrogens with zero attached hydrogens (tertiary/aromatic N) is 1. The summed E-state index contributed by atoms with van der Waals surface area (Å²) in [6.07, 6.45) is 2.20. The van der Waals surface area contributed by atoms with Crippen LogP contribution in [-0.4, -0.2) is 36.0 Å². The van der Waals surface area contributed by atoms with Crippen molar-refractivity contribution < 1.29 is 18.0 Å². The average Bonchev–Trinajstić information content (AvgIpc) is 2.25. The van der Waals surface area contributed by atoms with E-state index in [0.717, 1.165) is 37.0 Å². The molecule has 0 aromatic heterocycles. The van der Waals surface area contributed by atoms with Crippen LogP contribution in [-0.2, 0) is 4.79 Å². The number of hydrogen-bond acceptors (Lipinski definition) is 1. The number of rotatable bonds is 4. The third kappa shape index (κ3) is 6.50. The van der Waals surface area contributed by atoms with Crippen LogP contribution in [0.1, 0.15) is 44.9 Å². The molecule has 0 unspecified atom stereocenters. The quantitative estimate of drug-likeness (QED) is 0.719. The highest BCUT2D eigenvalue weighted by atomic mass is 35.5. The van der Waals surface area contributed by atoms with Gasteiger partial charge in [-0.2, -0.15) is 13.2 Å². The monoisotopic (exact) mass is 299 g/mol. The summed E-state index contributed by atoms with van der Waals surface area (Å²) in [6.45, 7) is -1.22. The fraction of sp³-hybridized carbons (Fsp3) is 0.923. The summed E-state index contributed by atoms with van der Waals surface area (Å²) in [5, 5.41) is 0. The van der Waals surface area contributed by atoms with Crippen molar-refractivity contribution in [1.29, 1.82) is 0 Å². The van der Waals surface area contributed by atoms with Gasteiger partial charge in [0.25, 0.3) is 0 Å². The van der Waals surface area contributed by atoms with Crippen molar-refractivity contribution in [2.45, 2.75) is 51.1 Å². The van der Waals surface area contributed by atoms with Crippen LogP contribution in [0, 0.1) is 5.92 Å². The van der Waals surface area contributed by atoms with Crippen LogP contribution in [0.15, 0.2) is 0 Å². The standard InChI is InChI=1S/C13H21ClF3NO/c14-8-9-18(10-13(15,16)17)12(19)11-6-4-2-1-3-5-7-11/h11H,1-10H2. The smallest absolute Gasteiger partial charge is 0.332 e. The number of alkyl halides is 4. The molecule has 0 N–H and O–H groups in total. The molecule has 19 heavy (non-hydrogen) atoms. The van der Waals surface area contributed by atoms with Gasteiger partial charge in [-0.05, 0) is 12.8 Å². The lowest BCUT2D eigenvalue weighted by atomic mass is 9.90. The number of hydrogen-bond donors (Lipinski definition) is 0. The minimum absolute atomic E-state index is 0.0314. The summed E-state index contributed by atoms with van der Waals surface area (Å²) in [5.74, 6) is -0.597. The second-order valence-electron chi connectivity index (χ2n) is 5.11. The number of carbonyl (C=O) groups excluding carboxylic acids is 1. The highest BCUT2D eigenvalue weighted by Gasteiger charge is 2.34. The van der Waals surface area contributed by atoms with Gasteiger partial charge in [-0.25, -0.2) is 0 Å². The van der Waals surface area contributed by atoms with Gasteiger partial charge in [0.15, 0.2) is 0 Å². The van der Waals surface area contributed by atoms with Gasteiger partial charge < -0.3 is 4.90 Å². The van der Waals surface area contributed by atoms with Crippen molar-refractivity contribution >= 4 is 17.5 Å². The van der Waals surface area contributed by atoms with Gasteiger partial charge in [0.1, 0.15) is 6.54 Å². The van der Waals surface area contributed by atoms with Gasteiger partial charge in [-0.3, -0.25) is 4.79 Å². The fourth-order valence-electron chi connectivity index (χ4n) is 2.55. The SMILES string of the molecule is O=C(C1CCCCCCC1)N(CCCl)CC(F)(F)F. The Balaban J connectivity index is 2.62. The second-order valence-corrected chi connectivity index (χ2v) is 5.48. The zero-order chi connectivity index (χ0) is 14.3. The van der Waals surface area contributed by atoms with E-state index in [-0.39, 0.29) is 24.2 Å². The van der Waals surface area contributed by atoms with E-state index >= 15 is 0 Å². The molecular formula is C13H21ClF3NO. The lowest BCUT2D eigenvalue weighted by Gasteiger charge is -2.28. The van der Waals surface area contributed by atoms with Crippen molar-refractivity contribution in [1.82, 2.24) is 4.90 Å². The largest absolute Gasteiger partial charge is 0.406 e. The maximum Gasteiger partial charge on any atom is 0.406 e. The van der Waals surface area contributed by atoms with Gasteiger partial charge >= 0.3 is 6.18 Å². The molecule has 0 saturated heterocycles. The van der Waals surface area contributed by atoms with E-state index in [1.54, 1.807) is 0 Å². The Labute approximate surface area is 117 Å². The molecule has 0 atom stereocenters. The topological polar surface area (TPSA) is 20.3 Å². The zero-order valence-electron chi connectivity index (χ0n) is 11.0. The predicted molar refractivity (Wildman–Crippen MR) is 69.2 cm³/mol. The van der Waals surface area contributed by atoms with E-state index in [0.29, 0.717) is 12.8 Å². The highest BCUT2D eigenvalue weighted by Crippen LogP contribution is 2.25. The van der Waals surface area contributed by atoms with E-state index in [1.165, 1.54) is 0 Å². The second kappa shape index (κ2) is 7.98. The molecule has 6 heteroatoms. The normalized spacial score (nSPS) is 18.7. The first-order valence-corrected chi connectivity index (χ1v) is 7.39. The van der Waals surface area contributed by atoms with Crippen LogP contribution in [0.3, 0.4) is 0 Å². The molecule has 0 aromatic rings. The number of halogens is 4. The fourth-order valence-corrected chi connectivity index (χ4v) is 2.75. The molecule has 1 amide bonds. The average molecular weight is 300 g/mol. The molecule has 112 valence electrons.